The van der Waals surface area contributed by atoms with Gasteiger partial charge in [0.05, 0.1) is 5.54 Å². The molecule has 0 aromatic carbocycles. The molecule has 1 heteroatoms. The lowest BCUT2D eigenvalue weighted by molar-refractivity contribution is 0.145. The van der Waals surface area contributed by atoms with E-state index in [1.165, 1.54) is 6.42 Å². The highest BCUT2D eigenvalue weighted by Crippen LogP contribution is 2.51. The fourth-order valence-corrected chi connectivity index (χ4v) is 1.90. The van der Waals surface area contributed by atoms with Gasteiger partial charge in [-0.25, -0.2) is 0 Å². The van der Waals surface area contributed by atoms with E-state index < -0.39 is 0 Å². The number of rotatable bonds is 3. The lowest BCUT2D eigenvalue weighted by Crippen LogP contribution is -2.50. The average Bonchev–Trinajstić information content (AvgIpc) is 2.11. The zero-order chi connectivity index (χ0) is 9.41. The van der Waals surface area contributed by atoms with Crippen molar-refractivity contribution in [3.63, 3.8) is 0 Å². The first-order chi connectivity index (χ1) is 5.50. The molecule has 0 aromatic heterocycles. The Hall–Kier alpha value is -0.590. The van der Waals surface area contributed by atoms with Crippen LogP contribution in [0.4, 0.5) is 0 Å². The van der Waals surface area contributed by atoms with Crippen molar-refractivity contribution < 1.29 is 0 Å². The summed E-state index contributed by atoms with van der Waals surface area (Å²) < 4.78 is 0. The molecule has 3 unspecified atom stereocenters. The molecule has 0 bridgehead atoms. The summed E-state index contributed by atoms with van der Waals surface area (Å²) in [6, 6.07) is 0. The normalized spacial score (nSPS) is 42.0. The molecule has 1 aliphatic carbocycles. The van der Waals surface area contributed by atoms with Gasteiger partial charge in [0.25, 0.3) is 0 Å². The van der Waals surface area contributed by atoms with Crippen LogP contribution in [0.15, 0.2) is 17.1 Å². The van der Waals surface area contributed by atoms with E-state index in [1.54, 1.807) is 0 Å². The van der Waals surface area contributed by atoms with Crippen LogP contribution in [0.25, 0.3) is 0 Å². The molecule has 68 valence electrons. The Morgan fingerprint density at radius 2 is 2.00 bits per heavy atom. The Bertz CT molecular complexity index is 219. The summed E-state index contributed by atoms with van der Waals surface area (Å²) in [6.45, 7) is 12.6. The van der Waals surface area contributed by atoms with Gasteiger partial charge in [-0.05, 0) is 19.6 Å². The number of hydrogen-bond acceptors (Lipinski definition) is 1. The highest BCUT2D eigenvalue weighted by atomic mass is 14.9. The maximum atomic E-state index is 4.21. The zero-order valence-corrected chi connectivity index (χ0v) is 8.59. The van der Waals surface area contributed by atoms with E-state index >= 15 is 0 Å². The fraction of sp³-hybridized carbons (Fsp3) is 0.727. The predicted molar refractivity (Wildman–Crippen MR) is 54.7 cm³/mol. The van der Waals surface area contributed by atoms with E-state index in [2.05, 4.69) is 51.6 Å². The van der Waals surface area contributed by atoms with Gasteiger partial charge >= 0.3 is 0 Å². The Morgan fingerprint density at radius 1 is 1.42 bits per heavy atom. The van der Waals surface area contributed by atoms with Crippen LogP contribution in [0, 0.1) is 11.3 Å². The summed E-state index contributed by atoms with van der Waals surface area (Å²) in [5.74, 6) is 0.679. The maximum absolute atomic E-state index is 4.21. The van der Waals surface area contributed by atoms with Crippen molar-refractivity contribution in [3.05, 3.63) is 12.2 Å². The Labute approximate surface area is 75.6 Å². The number of nitrogens with zero attached hydrogens (tertiary/aromatic N) is 1. The highest BCUT2D eigenvalue weighted by Gasteiger charge is 2.49. The van der Waals surface area contributed by atoms with Crippen LogP contribution in [0.1, 0.15) is 34.1 Å². The van der Waals surface area contributed by atoms with Crippen LogP contribution in [-0.4, -0.2) is 12.3 Å². The molecule has 1 rings (SSSR count). The zero-order valence-electron chi connectivity index (χ0n) is 8.59. The van der Waals surface area contributed by atoms with Gasteiger partial charge in [0.15, 0.2) is 0 Å². The molecule has 0 saturated carbocycles. The maximum Gasteiger partial charge on any atom is 0.0842 e. The molecule has 0 aliphatic heterocycles. The summed E-state index contributed by atoms with van der Waals surface area (Å²) in [6.07, 6.45) is 5.63. The minimum absolute atomic E-state index is 0.0254. The molecule has 0 fully saturated rings. The fourth-order valence-electron chi connectivity index (χ4n) is 1.90. The van der Waals surface area contributed by atoms with Crippen LogP contribution in [0.3, 0.4) is 0 Å². The molecule has 1 aliphatic rings. The Balaban J connectivity index is 2.89. The highest BCUT2D eigenvalue weighted by molar-refractivity contribution is 5.38. The topological polar surface area (TPSA) is 12.4 Å². The van der Waals surface area contributed by atoms with Crippen LogP contribution in [-0.2, 0) is 0 Å². The summed E-state index contributed by atoms with van der Waals surface area (Å²) in [7, 11) is 0. The molecule has 0 saturated heterocycles. The van der Waals surface area contributed by atoms with Gasteiger partial charge in [0, 0.05) is 5.41 Å². The third-order valence-corrected chi connectivity index (χ3v) is 3.81. The third-order valence-electron chi connectivity index (χ3n) is 3.81. The van der Waals surface area contributed by atoms with Gasteiger partial charge in [0.1, 0.15) is 0 Å². The van der Waals surface area contributed by atoms with E-state index in [-0.39, 0.29) is 11.0 Å². The molecule has 0 spiro atoms. The van der Waals surface area contributed by atoms with Crippen molar-refractivity contribution >= 4 is 6.72 Å². The minimum atomic E-state index is -0.0254. The second kappa shape index (κ2) is 2.72. The first-order valence-corrected chi connectivity index (χ1v) is 4.68. The molecule has 0 amide bonds. The van der Waals surface area contributed by atoms with Crippen LogP contribution in [0.5, 0.6) is 0 Å². The van der Waals surface area contributed by atoms with Gasteiger partial charge in [-0.1, -0.05) is 39.3 Å². The quantitative estimate of drug-likeness (QED) is 0.450. The van der Waals surface area contributed by atoms with Crippen LogP contribution < -0.4 is 0 Å². The molecule has 0 aromatic rings. The Kier molecular flexibility index (Phi) is 2.15. The lowest BCUT2D eigenvalue weighted by Gasteiger charge is -2.50. The first-order valence-electron chi connectivity index (χ1n) is 4.68. The van der Waals surface area contributed by atoms with E-state index in [9.17, 15) is 0 Å². The van der Waals surface area contributed by atoms with Crippen molar-refractivity contribution in [2.75, 3.05) is 0 Å². The van der Waals surface area contributed by atoms with E-state index in [1.807, 2.05) is 0 Å². The largest absolute Gasteiger partial charge is 0.290 e. The van der Waals surface area contributed by atoms with Gasteiger partial charge in [-0.3, -0.25) is 4.99 Å². The molecule has 1 nitrogen and oxygen atoms in total. The summed E-state index contributed by atoms with van der Waals surface area (Å²) >= 11 is 0. The van der Waals surface area contributed by atoms with Crippen LogP contribution >= 0.6 is 0 Å². The molecular formula is C11H19N. The number of aliphatic imine (C=N–C) groups is 1. The van der Waals surface area contributed by atoms with Crippen molar-refractivity contribution in [2.45, 2.75) is 39.7 Å². The average molecular weight is 165 g/mol. The molecule has 0 radical (unpaired) electrons. The third kappa shape index (κ3) is 0.954. The summed E-state index contributed by atoms with van der Waals surface area (Å²) in [5, 5.41) is 0. The van der Waals surface area contributed by atoms with E-state index in [0.717, 1.165) is 0 Å². The smallest absolute Gasteiger partial charge is 0.0842 e. The van der Waals surface area contributed by atoms with Crippen LogP contribution in [0.2, 0.25) is 0 Å². The number of hydrogen-bond donors (Lipinski definition) is 0. The van der Waals surface area contributed by atoms with E-state index in [4.69, 9.17) is 0 Å². The van der Waals surface area contributed by atoms with Crippen molar-refractivity contribution in [3.8, 4) is 0 Å². The standard InChI is InChI=1S/C11H19N/c1-6-9(2)10(3)7-8-11(10,4)12-5/h7-9H,5-6H2,1-4H3. The Morgan fingerprint density at radius 3 is 2.25 bits per heavy atom. The van der Waals surface area contributed by atoms with Gasteiger partial charge < -0.3 is 0 Å². The van der Waals surface area contributed by atoms with Crippen molar-refractivity contribution in [1.29, 1.82) is 0 Å². The predicted octanol–water partition coefficient (Wildman–Crippen LogP) is 3.07. The molecule has 3 atom stereocenters. The molecule has 0 N–H and O–H groups in total. The SMILES string of the molecule is C=NC1(C)C=CC1(C)C(C)CC. The lowest BCUT2D eigenvalue weighted by atomic mass is 9.57. The monoisotopic (exact) mass is 165 g/mol. The molecule has 12 heavy (non-hydrogen) atoms. The molecule has 0 heterocycles. The molecular weight excluding hydrogens is 146 g/mol. The van der Waals surface area contributed by atoms with Gasteiger partial charge in [-0.15, -0.1) is 0 Å². The van der Waals surface area contributed by atoms with E-state index in [0.29, 0.717) is 5.92 Å². The second-order valence-electron chi connectivity index (χ2n) is 4.23. The second-order valence-corrected chi connectivity index (χ2v) is 4.23. The van der Waals surface area contributed by atoms with Gasteiger partial charge in [0.2, 0.25) is 0 Å². The summed E-state index contributed by atoms with van der Waals surface area (Å²) in [4.78, 5) is 4.21. The van der Waals surface area contributed by atoms with Gasteiger partial charge in [-0.2, -0.15) is 0 Å². The van der Waals surface area contributed by atoms with Crippen molar-refractivity contribution in [2.24, 2.45) is 16.3 Å². The summed E-state index contributed by atoms with van der Waals surface area (Å²) in [5.41, 5.74) is 0.200. The first kappa shape index (κ1) is 9.50. The minimum Gasteiger partial charge on any atom is -0.290 e. The van der Waals surface area contributed by atoms with Crippen molar-refractivity contribution in [1.82, 2.24) is 0 Å².